The minimum atomic E-state index is 0.280. The summed E-state index contributed by atoms with van der Waals surface area (Å²) in [6, 6.07) is 10.9. The Bertz CT molecular complexity index is 501. The Hall–Kier alpha value is -1.59. The lowest BCUT2D eigenvalue weighted by atomic mass is 9.94. The molecule has 1 saturated heterocycles. The van der Waals surface area contributed by atoms with E-state index in [0.29, 0.717) is 25.7 Å². The van der Waals surface area contributed by atoms with Crippen LogP contribution in [0.3, 0.4) is 0 Å². The molecular formula is C20H33N3O2. The Labute approximate surface area is 152 Å². The zero-order chi connectivity index (χ0) is 17.9. The van der Waals surface area contributed by atoms with E-state index in [1.165, 1.54) is 5.56 Å². The molecule has 0 radical (unpaired) electrons. The molecule has 3 atom stereocenters. The van der Waals surface area contributed by atoms with Gasteiger partial charge in [-0.25, -0.2) is 0 Å². The van der Waals surface area contributed by atoms with Crippen molar-refractivity contribution in [2.75, 3.05) is 32.9 Å². The van der Waals surface area contributed by atoms with Crippen LogP contribution in [0.15, 0.2) is 35.3 Å². The summed E-state index contributed by atoms with van der Waals surface area (Å²) in [7, 11) is 0. The Balaban J connectivity index is 1.75. The minimum Gasteiger partial charge on any atom is -0.377 e. The number of hydrogen-bond acceptors (Lipinski definition) is 3. The number of nitrogens with zero attached hydrogens (tertiary/aromatic N) is 1. The molecule has 5 nitrogen and oxygen atoms in total. The summed E-state index contributed by atoms with van der Waals surface area (Å²) >= 11 is 0. The molecule has 1 aliphatic heterocycles. The van der Waals surface area contributed by atoms with Crippen molar-refractivity contribution in [3.63, 3.8) is 0 Å². The molecule has 2 N–H and O–H groups in total. The van der Waals surface area contributed by atoms with Crippen molar-refractivity contribution in [2.45, 2.75) is 51.7 Å². The molecule has 1 aromatic rings. The monoisotopic (exact) mass is 347 g/mol. The fourth-order valence-electron chi connectivity index (χ4n) is 2.92. The van der Waals surface area contributed by atoms with Gasteiger partial charge in [-0.05, 0) is 32.3 Å². The molecule has 5 heteroatoms. The number of rotatable bonds is 9. The molecule has 1 fully saturated rings. The molecule has 0 aromatic heterocycles. The van der Waals surface area contributed by atoms with E-state index in [0.717, 1.165) is 32.0 Å². The zero-order valence-electron chi connectivity index (χ0n) is 15.8. The molecule has 140 valence electrons. The highest BCUT2D eigenvalue weighted by Crippen LogP contribution is 2.18. The molecule has 3 unspecified atom stereocenters. The van der Waals surface area contributed by atoms with Gasteiger partial charge in [-0.3, -0.25) is 4.99 Å². The molecule has 0 amide bonds. The normalized spacial score (nSPS) is 20.3. The van der Waals surface area contributed by atoms with Gasteiger partial charge in [0, 0.05) is 25.1 Å². The molecule has 0 bridgehead atoms. The first-order valence-electron chi connectivity index (χ1n) is 9.49. The molecule has 2 rings (SSSR count). The maximum Gasteiger partial charge on any atom is 0.191 e. The molecule has 25 heavy (non-hydrogen) atoms. The van der Waals surface area contributed by atoms with E-state index < -0.39 is 0 Å². The van der Waals surface area contributed by atoms with Gasteiger partial charge in [-0.15, -0.1) is 0 Å². The summed E-state index contributed by atoms with van der Waals surface area (Å²) in [5, 5.41) is 6.82. The van der Waals surface area contributed by atoms with Crippen LogP contribution in [-0.4, -0.2) is 51.0 Å². The van der Waals surface area contributed by atoms with Crippen molar-refractivity contribution in [1.29, 1.82) is 0 Å². The van der Waals surface area contributed by atoms with Crippen molar-refractivity contribution in [3.05, 3.63) is 35.9 Å². The topological polar surface area (TPSA) is 54.9 Å². The predicted octanol–water partition coefficient (Wildman–Crippen LogP) is 2.93. The van der Waals surface area contributed by atoms with E-state index in [-0.39, 0.29) is 12.1 Å². The molecule has 0 spiro atoms. The lowest BCUT2D eigenvalue weighted by Gasteiger charge is -2.24. The van der Waals surface area contributed by atoms with Crippen molar-refractivity contribution in [3.8, 4) is 0 Å². The number of aliphatic imine (C=N–C) groups is 1. The van der Waals surface area contributed by atoms with Gasteiger partial charge >= 0.3 is 0 Å². The molecule has 1 aromatic carbocycles. The van der Waals surface area contributed by atoms with Crippen LogP contribution in [0.4, 0.5) is 0 Å². The number of hydrogen-bond donors (Lipinski definition) is 2. The first-order chi connectivity index (χ1) is 12.2. The zero-order valence-corrected chi connectivity index (χ0v) is 15.8. The SMILES string of the molecule is CCNC(=NCCOCC1CCCO1)NC(C)C(C)c1ccccc1. The van der Waals surface area contributed by atoms with Crippen LogP contribution in [-0.2, 0) is 9.47 Å². The standard InChI is InChI=1S/C20H33N3O2/c1-4-21-20(22-12-14-24-15-19-11-8-13-25-19)23-17(3)16(2)18-9-6-5-7-10-18/h5-7,9-10,16-17,19H,4,8,11-15H2,1-3H3,(H2,21,22,23). The predicted molar refractivity (Wildman–Crippen MR) is 103 cm³/mol. The Morgan fingerprint density at radius 2 is 2.12 bits per heavy atom. The summed E-state index contributed by atoms with van der Waals surface area (Å²) in [5.74, 6) is 1.25. The van der Waals surface area contributed by atoms with E-state index in [1.54, 1.807) is 0 Å². The van der Waals surface area contributed by atoms with Crippen molar-refractivity contribution < 1.29 is 9.47 Å². The minimum absolute atomic E-state index is 0.280. The molecular weight excluding hydrogens is 314 g/mol. The van der Waals surface area contributed by atoms with Crippen LogP contribution in [0.25, 0.3) is 0 Å². The van der Waals surface area contributed by atoms with Crippen LogP contribution in [0, 0.1) is 0 Å². The van der Waals surface area contributed by atoms with Crippen molar-refractivity contribution in [1.82, 2.24) is 10.6 Å². The molecule has 0 saturated carbocycles. The summed E-state index contributed by atoms with van der Waals surface area (Å²) in [5.41, 5.74) is 1.33. The Morgan fingerprint density at radius 1 is 1.32 bits per heavy atom. The summed E-state index contributed by atoms with van der Waals surface area (Å²) in [4.78, 5) is 4.62. The Morgan fingerprint density at radius 3 is 2.80 bits per heavy atom. The highest BCUT2D eigenvalue weighted by molar-refractivity contribution is 5.80. The van der Waals surface area contributed by atoms with Gasteiger partial charge in [0.25, 0.3) is 0 Å². The maximum absolute atomic E-state index is 5.68. The van der Waals surface area contributed by atoms with Crippen LogP contribution in [0.1, 0.15) is 45.1 Å². The van der Waals surface area contributed by atoms with Crippen LogP contribution in [0.2, 0.25) is 0 Å². The van der Waals surface area contributed by atoms with E-state index in [9.17, 15) is 0 Å². The second kappa shape index (κ2) is 11.1. The lowest BCUT2D eigenvalue weighted by molar-refractivity contribution is 0.0200. The third kappa shape index (κ3) is 7.04. The van der Waals surface area contributed by atoms with Crippen molar-refractivity contribution >= 4 is 5.96 Å². The van der Waals surface area contributed by atoms with Crippen molar-refractivity contribution in [2.24, 2.45) is 4.99 Å². The average molecular weight is 348 g/mol. The number of ether oxygens (including phenoxy) is 2. The maximum atomic E-state index is 5.68. The van der Waals surface area contributed by atoms with Gasteiger partial charge in [-0.2, -0.15) is 0 Å². The average Bonchev–Trinajstić information content (AvgIpc) is 3.15. The van der Waals surface area contributed by atoms with Crippen LogP contribution in [0.5, 0.6) is 0 Å². The number of benzene rings is 1. The van der Waals surface area contributed by atoms with Gasteiger partial charge < -0.3 is 20.1 Å². The van der Waals surface area contributed by atoms with Gasteiger partial charge in [0.1, 0.15) is 0 Å². The first kappa shape index (κ1) is 19.7. The fraction of sp³-hybridized carbons (Fsp3) is 0.650. The smallest absolute Gasteiger partial charge is 0.191 e. The second-order valence-electron chi connectivity index (χ2n) is 6.60. The first-order valence-corrected chi connectivity index (χ1v) is 9.49. The summed E-state index contributed by atoms with van der Waals surface area (Å²) < 4.78 is 11.2. The Kier molecular flexibility index (Phi) is 8.77. The lowest BCUT2D eigenvalue weighted by Crippen LogP contribution is -2.44. The van der Waals surface area contributed by atoms with Gasteiger partial charge in [0.15, 0.2) is 5.96 Å². The number of nitrogens with one attached hydrogen (secondary N) is 2. The van der Waals surface area contributed by atoms with E-state index in [1.807, 2.05) is 0 Å². The molecule has 1 heterocycles. The molecule has 0 aliphatic carbocycles. The third-order valence-corrected chi connectivity index (χ3v) is 4.62. The van der Waals surface area contributed by atoms with Crippen LogP contribution < -0.4 is 10.6 Å². The largest absolute Gasteiger partial charge is 0.377 e. The summed E-state index contributed by atoms with van der Waals surface area (Å²) in [6.45, 7) is 10.2. The van der Waals surface area contributed by atoms with E-state index in [2.05, 4.69) is 66.7 Å². The van der Waals surface area contributed by atoms with E-state index >= 15 is 0 Å². The van der Waals surface area contributed by atoms with Gasteiger partial charge in [-0.1, -0.05) is 37.3 Å². The van der Waals surface area contributed by atoms with Crippen LogP contribution >= 0.6 is 0 Å². The summed E-state index contributed by atoms with van der Waals surface area (Å²) in [6.07, 6.45) is 2.54. The van der Waals surface area contributed by atoms with Gasteiger partial charge in [0.2, 0.25) is 0 Å². The van der Waals surface area contributed by atoms with E-state index in [4.69, 9.17) is 9.47 Å². The highest BCUT2D eigenvalue weighted by atomic mass is 16.5. The third-order valence-electron chi connectivity index (χ3n) is 4.62. The second-order valence-corrected chi connectivity index (χ2v) is 6.60. The quantitative estimate of drug-likeness (QED) is 0.410. The molecule has 1 aliphatic rings. The highest BCUT2D eigenvalue weighted by Gasteiger charge is 2.16. The van der Waals surface area contributed by atoms with Gasteiger partial charge in [0.05, 0.1) is 25.9 Å². The fourth-order valence-corrected chi connectivity index (χ4v) is 2.92. The number of guanidine groups is 1.